The Bertz CT molecular complexity index is 3060. The minimum atomic E-state index is 0.104. The molecule has 4 nitrogen and oxygen atoms in total. The van der Waals surface area contributed by atoms with Crippen molar-refractivity contribution in [3.8, 4) is 56.4 Å². The summed E-state index contributed by atoms with van der Waals surface area (Å²) in [4.78, 5) is 15.6. The van der Waals surface area contributed by atoms with Crippen LogP contribution in [0.2, 0.25) is 0 Å². The summed E-state index contributed by atoms with van der Waals surface area (Å²) in [5, 5.41) is 6.93. The van der Waals surface area contributed by atoms with Crippen LogP contribution in [0.15, 0.2) is 174 Å². The lowest BCUT2D eigenvalue weighted by Gasteiger charge is -2.19. The summed E-state index contributed by atoms with van der Waals surface area (Å²) in [5.74, 6) is 1.82. The van der Waals surface area contributed by atoms with E-state index in [-0.39, 0.29) is 5.41 Å². The number of rotatable bonds is 5. The maximum Gasteiger partial charge on any atom is 0.164 e. The molecule has 0 bridgehead atoms. The number of fused-ring (bicyclic) bond motifs is 6. The molecule has 8 aromatic carbocycles. The highest BCUT2D eigenvalue weighted by atomic mass is 16.3. The highest BCUT2D eigenvalue weighted by Crippen LogP contribution is 2.39. The Balaban J connectivity index is 1.13. The smallest absolute Gasteiger partial charge is 0.164 e. The van der Waals surface area contributed by atoms with Crippen molar-refractivity contribution in [3.05, 3.63) is 175 Å². The molecular weight excluding hydrogens is 671 g/mol. The Morgan fingerprint density at radius 1 is 0.382 bits per heavy atom. The van der Waals surface area contributed by atoms with Gasteiger partial charge in [-0.25, -0.2) is 15.0 Å². The SMILES string of the molecule is CC(C)(C)c1ccc(-c2ccc(-c3nc(-c4cccc(-c5cccc6ccc7ccccc7c56)c4)nc(-c4cccc5oc6ccccc6c45)n3)cc2)cc1. The minimum absolute atomic E-state index is 0.104. The first-order valence-corrected chi connectivity index (χ1v) is 18.8. The van der Waals surface area contributed by atoms with Crippen LogP contribution >= 0.6 is 0 Å². The molecule has 0 N–H and O–H groups in total. The molecule has 0 saturated carbocycles. The lowest BCUT2D eigenvalue weighted by molar-refractivity contribution is 0.590. The van der Waals surface area contributed by atoms with Crippen LogP contribution in [0.25, 0.3) is 99.9 Å². The van der Waals surface area contributed by atoms with E-state index in [4.69, 9.17) is 19.4 Å². The van der Waals surface area contributed by atoms with Crippen LogP contribution in [0.4, 0.5) is 0 Å². The molecule has 55 heavy (non-hydrogen) atoms. The summed E-state index contributed by atoms with van der Waals surface area (Å²) in [6, 6.07) is 59.7. The van der Waals surface area contributed by atoms with Crippen molar-refractivity contribution < 1.29 is 4.42 Å². The van der Waals surface area contributed by atoms with E-state index in [1.54, 1.807) is 0 Å². The van der Waals surface area contributed by atoms with Gasteiger partial charge in [-0.3, -0.25) is 0 Å². The van der Waals surface area contributed by atoms with E-state index < -0.39 is 0 Å². The second kappa shape index (κ2) is 12.9. The first-order chi connectivity index (χ1) is 26.9. The monoisotopic (exact) mass is 707 g/mol. The van der Waals surface area contributed by atoms with Crippen molar-refractivity contribution in [1.82, 2.24) is 15.0 Å². The number of hydrogen-bond donors (Lipinski definition) is 0. The summed E-state index contributed by atoms with van der Waals surface area (Å²) in [6.07, 6.45) is 0. The fourth-order valence-corrected chi connectivity index (χ4v) is 7.82. The molecule has 0 saturated heterocycles. The second-order valence-corrected chi connectivity index (χ2v) is 15.3. The normalized spacial score (nSPS) is 11.9. The largest absolute Gasteiger partial charge is 0.456 e. The summed E-state index contributed by atoms with van der Waals surface area (Å²) in [5.41, 5.74) is 10.4. The fourth-order valence-electron chi connectivity index (χ4n) is 7.82. The third kappa shape index (κ3) is 5.84. The fraction of sp³-hybridized carbons (Fsp3) is 0.0784. The number of furan rings is 1. The van der Waals surface area contributed by atoms with Crippen LogP contribution in [0, 0.1) is 0 Å². The Kier molecular flexibility index (Phi) is 7.67. The van der Waals surface area contributed by atoms with Gasteiger partial charge in [-0.05, 0) is 73.0 Å². The molecule has 0 radical (unpaired) electrons. The van der Waals surface area contributed by atoms with Gasteiger partial charge in [-0.15, -0.1) is 0 Å². The molecule has 4 heteroatoms. The number of benzene rings is 8. The van der Waals surface area contributed by atoms with Gasteiger partial charge in [0.25, 0.3) is 0 Å². The standard InChI is InChI=1S/C51H37N3O/c1-51(2,3)39-29-27-33(28-30-39)32-21-25-36(26-22-32)48-52-49(54-50(53-48)43-18-10-20-45-47(43)42-16-6-7-19-44(42)55-45)38-14-8-13-37(31-38)41-17-9-12-35-24-23-34-11-4-5-15-40(34)46(35)41/h4-31H,1-3H3. The summed E-state index contributed by atoms with van der Waals surface area (Å²) < 4.78 is 6.28. The molecule has 0 fully saturated rings. The zero-order valence-electron chi connectivity index (χ0n) is 30.9. The number of aromatic nitrogens is 3. The maximum atomic E-state index is 6.28. The van der Waals surface area contributed by atoms with Crippen molar-refractivity contribution in [2.24, 2.45) is 0 Å². The average Bonchev–Trinajstić information content (AvgIpc) is 3.62. The molecule has 2 heterocycles. The quantitative estimate of drug-likeness (QED) is 0.167. The van der Waals surface area contributed by atoms with E-state index in [2.05, 4.69) is 160 Å². The molecular formula is C51H37N3O. The summed E-state index contributed by atoms with van der Waals surface area (Å²) >= 11 is 0. The van der Waals surface area contributed by atoms with E-state index in [1.807, 2.05) is 30.3 Å². The van der Waals surface area contributed by atoms with Gasteiger partial charge in [0.1, 0.15) is 11.2 Å². The maximum absolute atomic E-state index is 6.28. The molecule has 0 aliphatic heterocycles. The van der Waals surface area contributed by atoms with E-state index in [9.17, 15) is 0 Å². The van der Waals surface area contributed by atoms with Gasteiger partial charge in [0.05, 0.1) is 0 Å². The highest BCUT2D eigenvalue weighted by Gasteiger charge is 2.19. The Labute approximate surface area is 319 Å². The van der Waals surface area contributed by atoms with E-state index in [0.717, 1.165) is 49.8 Å². The van der Waals surface area contributed by atoms with Gasteiger partial charge < -0.3 is 4.42 Å². The third-order valence-electron chi connectivity index (χ3n) is 10.7. The second-order valence-electron chi connectivity index (χ2n) is 15.3. The molecule has 0 aliphatic carbocycles. The van der Waals surface area contributed by atoms with Crippen molar-refractivity contribution >= 4 is 43.5 Å². The van der Waals surface area contributed by atoms with Crippen molar-refractivity contribution in [3.63, 3.8) is 0 Å². The van der Waals surface area contributed by atoms with Gasteiger partial charge in [-0.1, -0.05) is 172 Å². The van der Waals surface area contributed by atoms with Gasteiger partial charge in [0.15, 0.2) is 17.5 Å². The molecule has 2 aromatic heterocycles. The molecule has 0 unspecified atom stereocenters. The predicted molar refractivity (Wildman–Crippen MR) is 228 cm³/mol. The summed E-state index contributed by atoms with van der Waals surface area (Å²) in [6.45, 7) is 6.72. The molecule has 10 aromatic rings. The van der Waals surface area contributed by atoms with E-state index >= 15 is 0 Å². The van der Waals surface area contributed by atoms with E-state index in [0.29, 0.717) is 17.5 Å². The zero-order valence-corrected chi connectivity index (χ0v) is 30.9. The number of hydrogen-bond acceptors (Lipinski definition) is 4. The molecule has 10 rings (SSSR count). The first-order valence-electron chi connectivity index (χ1n) is 18.8. The van der Waals surface area contributed by atoms with Gasteiger partial charge in [0, 0.05) is 27.5 Å². The molecule has 0 atom stereocenters. The van der Waals surface area contributed by atoms with Crippen LogP contribution in [0.5, 0.6) is 0 Å². The number of nitrogens with zero attached hydrogens (tertiary/aromatic N) is 3. The Morgan fingerprint density at radius 3 is 1.75 bits per heavy atom. The van der Waals surface area contributed by atoms with Crippen LogP contribution in [-0.2, 0) is 5.41 Å². The molecule has 262 valence electrons. The van der Waals surface area contributed by atoms with Crippen LogP contribution < -0.4 is 0 Å². The van der Waals surface area contributed by atoms with Crippen molar-refractivity contribution in [2.45, 2.75) is 26.2 Å². The van der Waals surface area contributed by atoms with Crippen molar-refractivity contribution in [2.75, 3.05) is 0 Å². The van der Waals surface area contributed by atoms with Crippen LogP contribution in [0.3, 0.4) is 0 Å². The van der Waals surface area contributed by atoms with Crippen LogP contribution in [0.1, 0.15) is 26.3 Å². The average molecular weight is 708 g/mol. The Hall–Kier alpha value is -6.91. The van der Waals surface area contributed by atoms with Gasteiger partial charge >= 0.3 is 0 Å². The van der Waals surface area contributed by atoms with E-state index in [1.165, 1.54) is 38.2 Å². The lowest BCUT2D eigenvalue weighted by atomic mass is 9.86. The summed E-state index contributed by atoms with van der Waals surface area (Å²) in [7, 11) is 0. The zero-order chi connectivity index (χ0) is 37.1. The van der Waals surface area contributed by atoms with Gasteiger partial charge in [-0.2, -0.15) is 0 Å². The van der Waals surface area contributed by atoms with Crippen LogP contribution in [-0.4, -0.2) is 15.0 Å². The first kappa shape index (κ1) is 32.7. The minimum Gasteiger partial charge on any atom is -0.456 e. The lowest BCUT2D eigenvalue weighted by Crippen LogP contribution is -2.10. The molecule has 0 spiro atoms. The highest BCUT2D eigenvalue weighted by molar-refractivity contribution is 6.14. The van der Waals surface area contributed by atoms with Gasteiger partial charge in [0.2, 0.25) is 0 Å². The molecule has 0 amide bonds. The third-order valence-corrected chi connectivity index (χ3v) is 10.7. The van der Waals surface area contributed by atoms with Crippen molar-refractivity contribution in [1.29, 1.82) is 0 Å². The predicted octanol–water partition coefficient (Wildman–Crippen LogP) is 13.7. The molecule has 0 aliphatic rings. The topological polar surface area (TPSA) is 51.8 Å². The number of para-hydroxylation sites is 1. The Morgan fingerprint density at radius 2 is 0.945 bits per heavy atom.